The van der Waals surface area contributed by atoms with Crippen LogP contribution < -0.4 is 0 Å². The summed E-state index contributed by atoms with van der Waals surface area (Å²) in [7, 11) is 0. The lowest BCUT2D eigenvalue weighted by molar-refractivity contribution is -0.115. The van der Waals surface area contributed by atoms with Gasteiger partial charge in [-0.2, -0.15) is 0 Å². The predicted molar refractivity (Wildman–Crippen MR) is 75.3 cm³/mol. The maximum atomic E-state index is 12.0. The van der Waals surface area contributed by atoms with Crippen LogP contribution >= 0.6 is 0 Å². The van der Waals surface area contributed by atoms with E-state index in [0.29, 0.717) is 0 Å². The SMILES string of the molecule is CC(C(=O)C=Cc1ccccc1)c1ccccc1. The Morgan fingerprint density at radius 3 is 2.11 bits per heavy atom. The fraction of sp³-hybridized carbons (Fsp3) is 0.118. The largest absolute Gasteiger partial charge is 0.294 e. The van der Waals surface area contributed by atoms with Gasteiger partial charge in [-0.05, 0) is 17.2 Å². The summed E-state index contributed by atoms with van der Waals surface area (Å²) in [5, 5.41) is 0. The van der Waals surface area contributed by atoms with Crippen LogP contribution in [0.2, 0.25) is 0 Å². The summed E-state index contributed by atoms with van der Waals surface area (Å²) >= 11 is 0. The molecule has 0 aromatic heterocycles. The molecule has 2 rings (SSSR count). The molecule has 0 aliphatic heterocycles. The third kappa shape index (κ3) is 3.17. The number of hydrogen-bond donors (Lipinski definition) is 0. The summed E-state index contributed by atoms with van der Waals surface area (Å²) in [6.45, 7) is 1.94. The fourth-order valence-corrected chi connectivity index (χ4v) is 1.79. The van der Waals surface area contributed by atoms with Crippen LogP contribution in [0.5, 0.6) is 0 Å². The molecule has 0 heterocycles. The molecule has 0 spiro atoms. The van der Waals surface area contributed by atoms with Gasteiger partial charge in [0.05, 0.1) is 0 Å². The first kappa shape index (κ1) is 12.3. The molecule has 1 nitrogen and oxygen atoms in total. The van der Waals surface area contributed by atoms with E-state index in [1.807, 2.05) is 73.7 Å². The number of carbonyl (C=O) groups is 1. The first-order valence-electron chi connectivity index (χ1n) is 6.09. The molecule has 0 fully saturated rings. The predicted octanol–water partition coefficient (Wildman–Crippen LogP) is 4.07. The Morgan fingerprint density at radius 2 is 1.50 bits per heavy atom. The molecule has 0 saturated heterocycles. The highest BCUT2D eigenvalue weighted by Gasteiger charge is 2.11. The molecule has 0 radical (unpaired) electrons. The molecular formula is C17H16O. The highest BCUT2D eigenvalue weighted by Crippen LogP contribution is 2.16. The van der Waals surface area contributed by atoms with Crippen LogP contribution in [0.1, 0.15) is 24.0 Å². The van der Waals surface area contributed by atoms with Crippen molar-refractivity contribution in [1.29, 1.82) is 0 Å². The van der Waals surface area contributed by atoms with E-state index in [9.17, 15) is 4.79 Å². The van der Waals surface area contributed by atoms with Gasteiger partial charge in [-0.1, -0.05) is 73.7 Å². The average molecular weight is 236 g/mol. The van der Waals surface area contributed by atoms with Crippen molar-refractivity contribution in [3.63, 3.8) is 0 Å². The maximum absolute atomic E-state index is 12.0. The molecule has 2 aromatic rings. The first-order valence-corrected chi connectivity index (χ1v) is 6.09. The van der Waals surface area contributed by atoms with Crippen LogP contribution in [-0.4, -0.2) is 5.78 Å². The number of rotatable bonds is 4. The van der Waals surface area contributed by atoms with E-state index in [1.54, 1.807) is 6.08 Å². The normalized spacial score (nSPS) is 12.5. The van der Waals surface area contributed by atoms with Gasteiger partial charge in [0.1, 0.15) is 0 Å². The highest BCUT2D eigenvalue weighted by atomic mass is 16.1. The molecule has 0 amide bonds. The van der Waals surface area contributed by atoms with E-state index in [-0.39, 0.29) is 11.7 Å². The zero-order valence-corrected chi connectivity index (χ0v) is 10.4. The van der Waals surface area contributed by atoms with Crippen molar-refractivity contribution in [2.24, 2.45) is 0 Å². The van der Waals surface area contributed by atoms with Crippen molar-refractivity contribution < 1.29 is 4.79 Å². The van der Waals surface area contributed by atoms with E-state index in [1.165, 1.54) is 0 Å². The summed E-state index contributed by atoms with van der Waals surface area (Å²) < 4.78 is 0. The Labute approximate surface area is 108 Å². The Bertz CT molecular complexity index is 526. The molecule has 90 valence electrons. The standard InChI is InChI=1S/C17H16O/c1-14(16-10-6-3-7-11-16)17(18)13-12-15-8-4-2-5-9-15/h2-14H,1H3. The minimum atomic E-state index is -0.0915. The maximum Gasteiger partial charge on any atom is 0.162 e. The summed E-state index contributed by atoms with van der Waals surface area (Å²) in [5.41, 5.74) is 2.10. The summed E-state index contributed by atoms with van der Waals surface area (Å²) in [4.78, 5) is 12.0. The van der Waals surface area contributed by atoms with Gasteiger partial charge in [0.15, 0.2) is 5.78 Å². The van der Waals surface area contributed by atoms with Gasteiger partial charge < -0.3 is 0 Å². The lowest BCUT2D eigenvalue weighted by Crippen LogP contribution is -2.05. The highest BCUT2D eigenvalue weighted by molar-refractivity contribution is 5.98. The van der Waals surface area contributed by atoms with Gasteiger partial charge >= 0.3 is 0 Å². The van der Waals surface area contributed by atoms with Crippen LogP contribution in [0.3, 0.4) is 0 Å². The molecule has 0 saturated carbocycles. The topological polar surface area (TPSA) is 17.1 Å². The van der Waals surface area contributed by atoms with E-state index in [2.05, 4.69) is 0 Å². The van der Waals surface area contributed by atoms with Crippen molar-refractivity contribution in [2.75, 3.05) is 0 Å². The molecule has 2 aromatic carbocycles. The number of ketones is 1. The van der Waals surface area contributed by atoms with Crippen LogP contribution in [0.4, 0.5) is 0 Å². The molecule has 1 unspecified atom stereocenters. The second kappa shape index (κ2) is 5.97. The van der Waals surface area contributed by atoms with Crippen molar-refractivity contribution >= 4 is 11.9 Å². The van der Waals surface area contributed by atoms with Gasteiger partial charge in [0.2, 0.25) is 0 Å². The minimum Gasteiger partial charge on any atom is -0.294 e. The van der Waals surface area contributed by atoms with Crippen LogP contribution in [0, 0.1) is 0 Å². The Morgan fingerprint density at radius 1 is 0.944 bits per heavy atom. The smallest absolute Gasteiger partial charge is 0.162 e. The van der Waals surface area contributed by atoms with E-state index in [0.717, 1.165) is 11.1 Å². The Hall–Kier alpha value is -2.15. The molecule has 0 aliphatic rings. The second-order valence-corrected chi connectivity index (χ2v) is 4.28. The molecule has 0 aliphatic carbocycles. The molecule has 1 heteroatoms. The molecular weight excluding hydrogens is 220 g/mol. The molecule has 0 bridgehead atoms. The average Bonchev–Trinajstić information content (AvgIpc) is 2.46. The third-order valence-electron chi connectivity index (χ3n) is 2.97. The number of benzene rings is 2. The Kier molecular flexibility index (Phi) is 4.08. The van der Waals surface area contributed by atoms with Gasteiger partial charge in [0.25, 0.3) is 0 Å². The van der Waals surface area contributed by atoms with Crippen molar-refractivity contribution in [3.05, 3.63) is 77.9 Å². The van der Waals surface area contributed by atoms with E-state index in [4.69, 9.17) is 0 Å². The number of allylic oxidation sites excluding steroid dienone is 1. The van der Waals surface area contributed by atoms with Gasteiger partial charge in [0, 0.05) is 5.92 Å². The monoisotopic (exact) mass is 236 g/mol. The molecule has 0 N–H and O–H groups in total. The van der Waals surface area contributed by atoms with E-state index < -0.39 is 0 Å². The lowest BCUT2D eigenvalue weighted by Gasteiger charge is -2.07. The molecule has 1 atom stereocenters. The van der Waals surface area contributed by atoms with Crippen LogP contribution in [0.25, 0.3) is 6.08 Å². The van der Waals surface area contributed by atoms with E-state index >= 15 is 0 Å². The minimum absolute atomic E-state index is 0.0915. The third-order valence-corrected chi connectivity index (χ3v) is 2.97. The summed E-state index contributed by atoms with van der Waals surface area (Å²) in [6, 6.07) is 19.7. The Balaban J connectivity index is 2.07. The summed E-state index contributed by atoms with van der Waals surface area (Å²) in [6.07, 6.45) is 3.52. The molecule has 18 heavy (non-hydrogen) atoms. The van der Waals surface area contributed by atoms with Gasteiger partial charge in [-0.15, -0.1) is 0 Å². The van der Waals surface area contributed by atoms with Crippen molar-refractivity contribution in [1.82, 2.24) is 0 Å². The van der Waals surface area contributed by atoms with Gasteiger partial charge in [-0.25, -0.2) is 0 Å². The van der Waals surface area contributed by atoms with Crippen molar-refractivity contribution in [2.45, 2.75) is 12.8 Å². The summed E-state index contributed by atoms with van der Waals surface area (Å²) in [5.74, 6) is 0.0382. The zero-order valence-electron chi connectivity index (χ0n) is 10.4. The number of hydrogen-bond acceptors (Lipinski definition) is 1. The lowest BCUT2D eigenvalue weighted by atomic mass is 9.96. The zero-order chi connectivity index (χ0) is 12.8. The quantitative estimate of drug-likeness (QED) is 0.731. The number of carbonyl (C=O) groups excluding carboxylic acids is 1. The van der Waals surface area contributed by atoms with Crippen LogP contribution in [0.15, 0.2) is 66.7 Å². The van der Waals surface area contributed by atoms with Gasteiger partial charge in [-0.3, -0.25) is 4.79 Å². The van der Waals surface area contributed by atoms with Crippen LogP contribution in [-0.2, 0) is 4.79 Å². The van der Waals surface area contributed by atoms with Crippen molar-refractivity contribution in [3.8, 4) is 0 Å². The first-order chi connectivity index (χ1) is 8.77. The second-order valence-electron chi connectivity index (χ2n) is 4.28. The fourth-order valence-electron chi connectivity index (χ4n) is 1.79.